The van der Waals surface area contributed by atoms with E-state index in [0.717, 1.165) is 24.2 Å². The van der Waals surface area contributed by atoms with Gasteiger partial charge in [-0.3, -0.25) is 9.78 Å². The van der Waals surface area contributed by atoms with Gasteiger partial charge in [-0.2, -0.15) is 0 Å². The summed E-state index contributed by atoms with van der Waals surface area (Å²) < 4.78 is 17.4. The van der Waals surface area contributed by atoms with Crippen LogP contribution in [0.25, 0.3) is 0 Å². The topological polar surface area (TPSA) is 90.8 Å². The minimum atomic E-state index is -1.08. The van der Waals surface area contributed by atoms with Crippen LogP contribution in [0.2, 0.25) is 0 Å². The number of nitrogens with zero attached hydrogens (tertiary/aromatic N) is 2. The molecule has 0 fully saturated rings. The number of hydrogen-bond acceptors (Lipinski definition) is 6. The number of halogens is 1. The Morgan fingerprint density at radius 1 is 1.06 bits per heavy atom. The summed E-state index contributed by atoms with van der Waals surface area (Å²) in [6.45, 7) is 3.09. The molecule has 0 aliphatic carbocycles. The van der Waals surface area contributed by atoms with Crippen molar-refractivity contribution in [3.63, 3.8) is 0 Å². The summed E-state index contributed by atoms with van der Waals surface area (Å²) in [6, 6.07) is 12.4. The van der Waals surface area contributed by atoms with Gasteiger partial charge in [-0.1, -0.05) is 25.5 Å². The molecule has 8 heteroatoms. The van der Waals surface area contributed by atoms with E-state index in [2.05, 4.69) is 16.9 Å². The van der Waals surface area contributed by atoms with E-state index in [1.807, 2.05) is 18.2 Å². The molecule has 0 amide bonds. The molecule has 0 saturated carbocycles. The molecule has 0 spiro atoms. The van der Waals surface area contributed by atoms with Crippen molar-refractivity contribution in [2.45, 2.75) is 31.6 Å². The molecule has 0 saturated heterocycles. The molecule has 1 aromatic heterocycles. The lowest BCUT2D eigenvalue weighted by Crippen LogP contribution is -2.07. The predicted molar refractivity (Wildman–Crippen MR) is 121 cm³/mol. The van der Waals surface area contributed by atoms with E-state index in [-0.39, 0.29) is 0 Å². The van der Waals surface area contributed by atoms with Gasteiger partial charge in [-0.15, -0.1) is 11.6 Å². The molecule has 3 aromatic rings. The minimum absolute atomic E-state index is 0.443. The van der Waals surface area contributed by atoms with Crippen LogP contribution in [0.1, 0.15) is 36.3 Å². The van der Waals surface area contributed by atoms with Crippen LogP contribution in [0.5, 0.6) is 23.1 Å². The molecule has 1 atom stereocenters. The number of alkyl halides is 1. The molecule has 32 heavy (non-hydrogen) atoms. The summed E-state index contributed by atoms with van der Waals surface area (Å²) >= 11 is 5.81. The van der Waals surface area contributed by atoms with Crippen LogP contribution >= 0.6 is 11.6 Å². The van der Waals surface area contributed by atoms with Crippen molar-refractivity contribution in [3.8, 4) is 23.1 Å². The van der Waals surface area contributed by atoms with Crippen molar-refractivity contribution in [1.82, 2.24) is 9.97 Å². The van der Waals surface area contributed by atoms with Crippen LogP contribution in [-0.4, -0.2) is 34.3 Å². The number of aliphatic carboxylic acids is 1. The first-order valence-corrected chi connectivity index (χ1v) is 10.8. The number of carboxylic acids is 1. The second-order valence-electron chi connectivity index (χ2n) is 6.99. The Kier molecular flexibility index (Phi) is 8.69. The molecule has 1 N–H and O–H groups in total. The van der Waals surface area contributed by atoms with Gasteiger partial charge in [0.05, 0.1) is 19.4 Å². The third kappa shape index (κ3) is 6.85. The van der Waals surface area contributed by atoms with E-state index in [4.69, 9.17) is 30.9 Å². The van der Waals surface area contributed by atoms with Gasteiger partial charge in [0.1, 0.15) is 17.2 Å². The van der Waals surface area contributed by atoms with Crippen LogP contribution < -0.4 is 14.2 Å². The normalized spacial score (nSPS) is 11.6. The first kappa shape index (κ1) is 23.3. The van der Waals surface area contributed by atoms with Crippen LogP contribution in [-0.2, 0) is 11.2 Å². The van der Waals surface area contributed by atoms with E-state index < -0.39 is 11.3 Å². The van der Waals surface area contributed by atoms with Crippen LogP contribution in [0.15, 0.2) is 61.1 Å². The number of rotatable bonds is 12. The highest BCUT2D eigenvalue weighted by Gasteiger charge is 2.15. The third-order valence-electron chi connectivity index (χ3n) is 4.52. The number of ether oxygens (including phenoxy) is 3. The fourth-order valence-corrected chi connectivity index (χ4v) is 3.14. The molecule has 0 aliphatic heterocycles. The molecule has 0 bridgehead atoms. The van der Waals surface area contributed by atoms with E-state index in [1.165, 1.54) is 0 Å². The number of benzene rings is 2. The molecule has 0 radical (unpaired) electrons. The van der Waals surface area contributed by atoms with Crippen molar-refractivity contribution in [1.29, 1.82) is 0 Å². The Morgan fingerprint density at radius 2 is 1.81 bits per heavy atom. The van der Waals surface area contributed by atoms with Gasteiger partial charge in [0.25, 0.3) is 0 Å². The fourth-order valence-electron chi connectivity index (χ4n) is 2.99. The number of aryl methyl sites for hydroxylation is 1. The molecule has 7 nitrogen and oxygen atoms in total. The Labute approximate surface area is 192 Å². The number of carbonyl (C=O) groups is 1. The van der Waals surface area contributed by atoms with Crippen molar-refractivity contribution in [2.24, 2.45) is 0 Å². The zero-order valence-corrected chi connectivity index (χ0v) is 18.5. The summed E-state index contributed by atoms with van der Waals surface area (Å²) in [6.07, 6.45) is 7.29. The number of aromatic nitrogens is 2. The quantitative estimate of drug-likeness (QED) is 0.287. The average molecular weight is 457 g/mol. The third-order valence-corrected chi connectivity index (χ3v) is 4.96. The van der Waals surface area contributed by atoms with Crippen LogP contribution in [0.4, 0.5) is 0 Å². The highest BCUT2D eigenvalue weighted by Crippen LogP contribution is 2.28. The van der Waals surface area contributed by atoms with Gasteiger partial charge in [0.2, 0.25) is 5.88 Å². The molecular weight excluding hydrogens is 432 g/mol. The summed E-state index contributed by atoms with van der Waals surface area (Å²) in [5, 5.41) is 7.88. The highest BCUT2D eigenvalue weighted by atomic mass is 35.5. The smallest absolute Gasteiger partial charge is 0.326 e. The Morgan fingerprint density at radius 3 is 2.50 bits per heavy atom. The summed E-state index contributed by atoms with van der Waals surface area (Å²) in [7, 11) is 0. The molecule has 2 aromatic carbocycles. The summed E-state index contributed by atoms with van der Waals surface area (Å²) in [4.78, 5) is 19.1. The second kappa shape index (κ2) is 11.9. The number of carboxylic acid groups (broad SMARTS) is 1. The molecule has 1 heterocycles. The SMILES string of the molecule is CCCc1cc(Oc2cnccn2)ccc1OCCCOc1ccc(C(Cl)C(=O)O)cc1. The fraction of sp³-hybridized carbons (Fsp3) is 0.292. The van der Waals surface area contributed by atoms with Gasteiger partial charge in [-0.05, 0) is 47.9 Å². The predicted octanol–water partition coefficient (Wildman–Crippen LogP) is 5.43. The highest BCUT2D eigenvalue weighted by molar-refractivity contribution is 6.29. The molecule has 168 valence electrons. The maximum Gasteiger partial charge on any atom is 0.326 e. The van der Waals surface area contributed by atoms with Crippen LogP contribution in [0.3, 0.4) is 0 Å². The number of hydrogen-bond donors (Lipinski definition) is 1. The Hall–Kier alpha value is -3.32. The van der Waals surface area contributed by atoms with Gasteiger partial charge in [0, 0.05) is 18.8 Å². The van der Waals surface area contributed by atoms with Crippen molar-refractivity contribution in [2.75, 3.05) is 13.2 Å². The average Bonchev–Trinajstić information content (AvgIpc) is 2.81. The lowest BCUT2D eigenvalue weighted by atomic mass is 10.1. The van der Waals surface area contributed by atoms with Crippen molar-refractivity contribution >= 4 is 17.6 Å². The zero-order valence-electron chi connectivity index (χ0n) is 17.7. The van der Waals surface area contributed by atoms with Crippen molar-refractivity contribution in [3.05, 3.63) is 72.2 Å². The van der Waals surface area contributed by atoms with E-state index in [0.29, 0.717) is 42.6 Å². The van der Waals surface area contributed by atoms with Gasteiger partial charge in [-0.25, -0.2) is 4.98 Å². The minimum Gasteiger partial charge on any atom is -0.493 e. The van der Waals surface area contributed by atoms with Gasteiger partial charge in [0.15, 0.2) is 5.38 Å². The Balaban J connectivity index is 1.48. The molecule has 1 unspecified atom stereocenters. The lowest BCUT2D eigenvalue weighted by molar-refractivity contribution is -0.136. The monoisotopic (exact) mass is 456 g/mol. The lowest BCUT2D eigenvalue weighted by Gasteiger charge is -2.13. The van der Waals surface area contributed by atoms with E-state index in [1.54, 1.807) is 42.9 Å². The largest absolute Gasteiger partial charge is 0.493 e. The van der Waals surface area contributed by atoms with Gasteiger partial charge >= 0.3 is 5.97 Å². The molecule has 3 rings (SSSR count). The standard InChI is InChI=1S/C24H25ClN2O5/c1-2-4-18-15-20(32-22-16-26-11-12-27-22)9-10-21(18)31-14-3-13-30-19-7-5-17(6-8-19)23(25)24(28)29/h5-12,15-16,23H,2-4,13-14H2,1H3,(H,28,29). The summed E-state index contributed by atoms with van der Waals surface area (Å²) in [5.74, 6) is 1.53. The van der Waals surface area contributed by atoms with E-state index >= 15 is 0 Å². The van der Waals surface area contributed by atoms with Crippen LogP contribution in [0, 0.1) is 0 Å². The van der Waals surface area contributed by atoms with E-state index in [9.17, 15) is 4.79 Å². The summed E-state index contributed by atoms with van der Waals surface area (Å²) in [5.41, 5.74) is 1.59. The molecule has 0 aliphatic rings. The second-order valence-corrected chi connectivity index (χ2v) is 7.42. The molecular formula is C24H25ClN2O5. The maximum atomic E-state index is 10.9. The first-order valence-electron chi connectivity index (χ1n) is 10.4. The maximum absolute atomic E-state index is 10.9. The Bertz CT molecular complexity index is 999. The first-order chi connectivity index (χ1) is 15.6. The van der Waals surface area contributed by atoms with Crippen molar-refractivity contribution < 1.29 is 24.1 Å². The van der Waals surface area contributed by atoms with Gasteiger partial charge < -0.3 is 19.3 Å². The zero-order chi connectivity index (χ0) is 22.8.